The summed E-state index contributed by atoms with van der Waals surface area (Å²) in [5.41, 5.74) is 0.0318. The molecule has 2 amide bonds. The molecule has 26 heavy (non-hydrogen) atoms. The number of hydrogen-bond acceptors (Lipinski definition) is 3. The first-order chi connectivity index (χ1) is 11.9. The highest BCUT2D eigenvalue weighted by molar-refractivity contribution is 5.90. The van der Waals surface area contributed by atoms with Crippen LogP contribution in [0.5, 0.6) is 0 Å². The molecule has 3 aliphatic heterocycles. The Balaban J connectivity index is 1.74. The van der Waals surface area contributed by atoms with E-state index in [1.807, 2.05) is 27.8 Å². The molecule has 1 saturated carbocycles. The van der Waals surface area contributed by atoms with E-state index >= 15 is 0 Å². The van der Waals surface area contributed by atoms with E-state index in [-0.39, 0.29) is 29.3 Å². The van der Waals surface area contributed by atoms with Gasteiger partial charge < -0.3 is 10.2 Å². The largest absolute Gasteiger partial charge is 0.342 e. The van der Waals surface area contributed by atoms with Crippen molar-refractivity contribution in [2.24, 2.45) is 22.7 Å². The van der Waals surface area contributed by atoms with Crippen molar-refractivity contribution in [2.45, 2.75) is 78.9 Å². The quantitative estimate of drug-likeness (QED) is 0.838. The van der Waals surface area contributed by atoms with Crippen LogP contribution in [0, 0.1) is 22.7 Å². The molecule has 1 N–H and O–H groups in total. The van der Waals surface area contributed by atoms with Crippen molar-refractivity contribution in [3.8, 4) is 0 Å². The molecule has 148 valence electrons. The summed E-state index contributed by atoms with van der Waals surface area (Å²) < 4.78 is 0. The Kier molecular flexibility index (Phi) is 4.92. The van der Waals surface area contributed by atoms with Crippen molar-refractivity contribution in [3.05, 3.63) is 0 Å². The minimum Gasteiger partial charge on any atom is -0.342 e. The van der Waals surface area contributed by atoms with Crippen LogP contribution in [0.2, 0.25) is 0 Å². The summed E-state index contributed by atoms with van der Waals surface area (Å²) in [5.74, 6) is 1.27. The van der Waals surface area contributed by atoms with Gasteiger partial charge in [0, 0.05) is 12.6 Å². The van der Waals surface area contributed by atoms with Crippen LogP contribution in [0.3, 0.4) is 0 Å². The van der Waals surface area contributed by atoms with Crippen molar-refractivity contribution in [2.75, 3.05) is 20.1 Å². The van der Waals surface area contributed by atoms with Gasteiger partial charge in [-0.1, -0.05) is 34.6 Å². The predicted octanol–water partition coefficient (Wildman–Crippen LogP) is 2.50. The fraction of sp³-hybridized carbons (Fsp3) is 0.905. The van der Waals surface area contributed by atoms with Gasteiger partial charge >= 0.3 is 0 Å². The number of nitrogens with zero attached hydrogens (tertiary/aromatic N) is 2. The van der Waals surface area contributed by atoms with Gasteiger partial charge in [-0.25, -0.2) is 0 Å². The summed E-state index contributed by atoms with van der Waals surface area (Å²) in [6.07, 6.45) is 3.16. The van der Waals surface area contributed by atoms with Crippen molar-refractivity contribution < 1.29 is 9.59 Å². The van der Waals surface area contributed by atoms with E-state index in [9.17, 15) is 9.59 Å². The van der Waals surface area contributed by atoms with Gasteiger partial charge in [0.05, 0.1) is 6.04 Å². The first-order valence-corrected chi connectivity index (χ1v) is 10.3. The average molecular weight is 364 g/mol. The molecule has 0 spiro atoms. The van der Waals surface area contributed by atoms with Crippen LogP contribution in [-0.4, -0.2) is 59.9 Å². The number of likely N-dealkylation sites (N-methyl/N-ethyl adjacent to an activating group) is 1. The number of fused-ring (bicyclic) bond motifs is 2. The number of rotatable bonds is 3. The number of piperidine rings is 2. The SMILES string of the molecule is C[C@@H]1[C@@H]2CC(CN1C(=O)[C@@H](NC(=O)C1CCCN1C)C(C)(C)C)C2(C)C. The third-order valence-corrected chi connectivity index (χ3v) is 7.54. The molecule has 3 heterocycles. The minimum atomic E-state index is -0.466. The van der Waals surface area contributed by atoms with Crippen LogP contribution in [-0.2, 0) is 9.59 Å². The molecule has 4 rings (SSSR count). The van der Waals surface area contributed by atoms with Crippen molar-refractivity contribution in [3.63, 3.8) is 0 Å². The van der Waals surface area contributed by atoms with Gasteiger partial charge in [-0.05, 0) is 62.4 Å². The van der Waals surface area contributed by atoms with Gasteiger partial charge in [0.15, 0.2) is 0 Å². The van der Waals surface area contributed by atoms with Crippen LogP contribution in [0.4, 0.5) is 0 Å². The van der Waals surface area contributed by atoms with Gasteiger partial charge in [-0.2, -0.15) is 0 Å². The number of amides is 2. The monoisotopic (exact) mass is 363 g/mol. The summed E-state index contributed by atoms with van der Waals surface area (Å²) >= 11 is 0. The topological polar surface area (TPSA) is 52.7 Å². The van der Waals surface area contributed by atoms with Crippen LogP contribution >= 0.6 is 0 Å². The van der Waals surface area contributed by atoms with E-state index in [0.717, 1.165) is 25.9 Å². The minimum absolute atomic E-state index is 0.00780. The molecule has 2 unspecified atom stereocenters. The molecular formula is C21H37N3O2. The fourth-order valence-corrected chi connectivity index (χ4v) is 5.39. The zero-order chi connectivity index (χ0) is 19.4. The van der Waals surface area contributed by atoms with E-state index in [1.165, 1.54) is 6.42 Å². The number of hydrogen-bond donors (Lipinski definition) is 1. The van der Waals surface area contributed by atoms with Crippen LogP contribution in [0.25, 0.3) is 0 Å². The second-order valence-electron chi connectivity index (χ2n) is 10.5. The Morgan fingerprint density at radius 3 is 2.35 bits per heavy atom. The number of nitrogens with one attached hydrogen (secondary N) is 1. The standard InChI is InChI=1S/C21H37N3O2/c1-13-15-11-14(21(15,5)6)12-24(13)19(26)17(20(2,3)4)22-18(25)16-9-8-10-23(16)7/h13-17H,8-12H2,1-7H3,(H,22,25)/t13-,14?,15+,16?,17-/m1/s1. The molecule has 2 bridgehead atoms. The van der Waals surface area contributed by atoms with Gasteiger partial charge in [0.1, 0.15) is 6.04 Å². The van der Waals surface area contributed by atoms with E-state index in [0.29, 0.717) is 17.3 Å². The molecule has 4 fully saturated rings. The van der Waals surface area contributed by atoms with Gasteiger partial charge in [-0.3, -0.25) is 14.5 Å². The van der Waals surface area contributed by atoms with Crippen LogP contribution in [0.1, 0.15) is 60.8 Å². The number of carbonyl (C=O) groups is 2. The molecule has 0 aromatic rings. The number of likely N-dealkylation sites (tertiary alicyclic amines) is 1. The second kappa shape index (κ2) is 6.50. The molecular weight excluding hydrogens is 326 g/mol. The Hall–Kier alpha value is -1.10. The van der Waals surface area contributed by atoms with Crippen molar-refractivity contribution >= 4 is 11.8 Å². The Morgan fingerprint density at radius 2 is 1.88 bits per heavy atom. The second-order valence-corrected chi connectivity index (χ2v) is 10.5. The lowest BCUT2D eigenvalue weighted by molar-refractivity contribution is -0.170. The lowest BCUT2D eigenvalue weighted by Crippen LogP contribution is -2.68. The summed E-state index contributed by atoms with van der Waals surface area (Å²) in [6, 6.07) is -0.316. The van der Waals surface area contributed by atoms with Gasteiger partial charge in [-0.15, -0.1) is 0 Å². The van der Waals surface area contributed by atoms with E-state index in [2.05, 4.69) is 35.9 Å². The normalized spacial score (nSPS) is 35.0. The lowest BCUT2D eigenvalue weighted by atomic mass is 9.50. The molecule has 0 aromatic heterocycles. The van der Waals surface area contributed by atoms with E-state index < -0.39 is 6.04 Å². The molecule has 0 radical (unpaired) electrons. The zero-order valence-electron chi connectivity index (χ0n) is 17.6. The van der Waals surface area contributed by atoms with E-state index in [4.69, 9.17) is 0 Å². The van der Waals surface area contributed by atoms with E-state index in [1.54, 1.807) is 0 Å². The maximum atomic E-state index is 13.5. The Bertz CT molecular complexity index is 580. The molecule has 5 nitrogen and oxygen atoms in total. The predicted molar refractivity (Wildman–Crippen MR) is 104 cm³/mol. The molecule has 5 atom stereocenters. The van der Waals surface area contributed by atoms with Crippen molar-refractivity contribution in [1.82, 2.24) is 15.1 Å². The number of carbonyl (C=O) groups excluding carboxylic acids is 2. The third kappa shape index (κ3) is 3.17. The summed E-state index contributed by atoms with van der Waals surface area (Å²) in [6.45, 7) is 14.8. The Labute approximate surface area is 158 Å². The average Bonchev–Trinajstić information content (AvgIpc) is 2.96. The highest BCUT2D eigenvalue weighted by Crippen LogP contribution is 2.57. The highest BCUT2D eigenvalue weighted by atomic mass is 16.2. The maximum Gasteiger partial charge on any atom is 0.245 e. The molecule has 4 aliphatic rings. The lowest BCUT2D eigenvalue weighted by Gasteiger charge is -2.63. The Morgan fingerprint density at radius 1 is 1.23 bits per heavy atom. The molecule has 5 heteroatoms. The highest BCUT2D eigenvalue weighted by Gasteiger charge is 2.57. The molecule has 0 aromatic carbocycles. The molecule has 3 saturated heterocycles. The third-order valence-electron chi connectivity index (χ3n) is 7.54. The fourth-order valence-electron chi connectivity index (χ4n) is 5.39. The summed E-state index contributed by atoms with van der Waals surface area (Å²) in [7, 11) is 1.99. The maximum absolute atomic E-state index is 13.5. The van der Waals surface area contributed by atoms with Gasteiger partial charge in [0.25, 0.3) is 0 Å². The first kappa shape index (κ1) is 19.7. The van der Waals surface area contributed by atoms with Crippen LogP contribution in [0.15, 0.2) is 0 Å². The summed E-state index contributed by atoms with van der Waals surface area (Å²) in [5, 5.41) is 3.13. The smallest absolute Gasteiger partial charge is 0.245 e. The zero-order valence-corrected chi connectivity index (χ0v) is 17.6. The van der Waals surface area contributed by atoms with Crippen LogP contribution < -0.4 is 5.32 Å². The van der Waals surface area contributed by atoms with Gasteiger partial charge in [0.2, 0.25) is 11.8 Å². The first-order valence-electron chi connectivity index (χ1n) is 10.3. The van der Waals surface area contributed by atoms with Crippen molar-refractivity contribution in [1.29, 1.82) is 0 Å². The summed E-state index contributed by atoms with van der Waals surface area (Å²) in [4.78, 5) is 30.4. The molecule has 1 aliphatic carbocycles.